The van der Waals surface area contributed by atoms with Crippen molar-refractivity contribution in [2.45, 2.75) is 59.3 Å². The molecule has 0 unspecified atom stereocenters. The minimum Gasteiger partial charge on any atom is -0.326 e. The minimum absolute atomic E-state index is 0.0887. The molecule has 1 saturated carbocycles. The second kappa shape index (κ2) is 9.35. The molecule has 0 atom stereocenters. The molecule has 0 spiro atoms. The Labute approximate surface area is 150 Å². The van der Waals surface area contributed by atoms with Crippen LogP contribution in [0, 0.1) is 11.8 Å². The number of nitrogens with zero attached hydrogens (tertiary/aromatic N) is 1. The third kappa shape index (κ3) is 6.33. The first kappa shape index (κ1) is 19.2. The van der Waals surface area contributed by atoms with Crippen LogP contribution in [0.3, 0.4) is 0 Å². The van der Waals surface area contributed by atoms with Crippen LogP contribution in [0.15, 0.2) is 29.4 Å². The fourth-order valence-electron chi connectivity index (χ4n) is 3.16. The van der Waals surface area contributed by atoms with E-state index in [-0.39, 0.29) is 17.7 Å². The van der Waals surface area contributed by atoms with Crippen LogP contribution in [0.2, 0.25) is 0 Å². The number of rotatable bonds is 6. The molecule has 1 aliphatic carbocycles. The summed E-state index contributed by atoms with van der Waals surface area (Å²) in [5.74, 6) is 0.474. The van der Waals surface area contributed by atoms with Gasteiger partial charge in [-0.1, -0.05) is 33.1 Å². The molecule has 2 rings (SSSR count). The van der Waals surface area contributed by atoms with Gasteiger partial charge < -0.3 is 5.32 Å². The van der Waals surface area contributed by atoms with Crippen LogP contribution in [0.5, 0.6) is 0 Å². The zero-order valence-electron chi connectivity index (χ0n) is 15.5. The largest absolute Gasteiger partial charge is 0.326 e. The van der Waals surface area contributed by atoms with Crippen molar-refractivity contribution in [3.63, 3.8) is 0 Å². The summed E-state index contributed by atoms with van der Waals surface area (Å²) in [5.41, 5.74) is 4.73. The van der Waals surface area contributed by atoms with Gasteiger partial charge in [-0.3, -0.25) is 9.59 Å². The van der Waals surface area contributed by atoms with Gasteiger partial charge in [0, 0.05) is 22.9 Å². The molecule has 0 heterocycles. The van der Waals surface area contributed by atoms with E-state index in [1.54, 1.807) is 24.3 Å². The highest BCUT2D eigenvalue weighted by Gasteiger charge is 2.21. The number of hydrogen-bond acceptors (Lipinski definition) is 3. The number of benzene rings is 1. The molecule has 1 aromatic rings. The van der Waals surface area contributed by atoms with Gasteiger partial charge in [-0.05, 0) is 56.4 Å². The van der Waals surface area contributed by atoms with Crippen molar-refractivity contribution < 1.29 is 9.59 Å². The summed E-state index contributed by atoms with van der Waals surface area (Å²) in [7, 11) is 0. The Hall–Kier alpha value is -2.17. The van der Waals surface area contributed by atoms with Gasteiger partial charge in [0.25, 0.3) is 5.91 Å². The Morgan fingerprint density at radius 3 is 2.36 bits per heavy atom. The summed E-state index contributed by atoms with van der Waals surface area (Å²) in [6, 6.07) is 6.94. The molecule has 0 bridgehead atoms. The van der Waals surface area contributed by atoms with E-state index in [9.17, 15) is 9.59 Å². The smallest absolute Gasteiger partial charge is 0.271 e. The maximum atomic E-state index is 12.2. The summed E-state index contributed by atoms with van der Waals surface area (Å²) >= 11 is 0. The molecule has 5 heteroatoms. The monoisotopic (exact) mass is 343 g/mol. The average molecular weight is 343 g/mol. The standard InChI is InChI=1S/C20H29N3O2/c1-14(2)13-15(3)22-23-20(25)17-9-11-18(12-10-17)21-19(24)16-7-5-4-6-8-16/h9-12,14,16H,4-8,13H2,1-3H3,(H,21,24)(H,23,25)/b22-15+. The van der Waals surface area contributed by atoms with E-state index in [0.717, 1.165) is 43.5 Å². The Kier molecular flexibility index (Phi) is 7.16. The summed E-state index contributed by atoms with van der Waals surface area (Å²) in [4.78, 5) is 24.4. The zero-order chi connectivity index (χ0) is 18.2. The fraction of sp³-hybridized carbons (Fsp3) is 0.550. The summed E-state index contributed by atoms with van der Waals surface area (Å²) < 4.78 is 0. The topological polar surface area (TPSA) is 70.6 Å². The minimum atomic E-state index is -0.242. The van der Waals surface area contributed by atoms with Crippen molar-refractivity contribution in [1.82, 2.24) is 5.43 Å². The van der Waals surface area contributed by atoms with Gasteiger partial charge in [0.2, 0.25) is 5.91 Å². The van der Waals surface area contributed by atoms with Gasteiger partial charge in [0.1, 0.15) is 0 Å². The zero-order valence-corrected chi connectivity index (χ0v) is 15.5. The molecular weight excluding hydrogens is 314 g/mol. The van der Waals surface area contributed by atoms with E-state index >= 15 is 0 Å². The molecule has 2 N–H and O–H groups in total. The second-order valence-corrected chi connectivity index (χ2v) is 7.29. The van der Waals surface area contributed by atoms with Gasteiger partial charge in [-0.25, -0.2) is 5.43 Å². The number of hydrogen-bond donors (Lipinski definition) is 2. The van der Waals surface area contributed by atoms with E-state index in [1.807, 2.05) is 6.92 Å². The van der Waals surface area contributed by atoms with Crippen LogP contribution < -0.4 is 10.7 Å². The third-order valence-corrected chi connectivity index (χ3v) is 4.44. The molecule has 0 saturated heterocycles. The molecule has 1 aromatic carbocycles. The highest BCUT2D eigenvalue weighted by molar-refractivity contribution is 5.97. The lowest BCUT2D eigenvalue weighted by molar-refractivity contribution is -0.120. The van der Waals surface area contributed by atoms with Crippen molar-refractivity contribution in [3.8, 4) is 0 Å². The molecule has 5 nitrogen and oxygen atoms in total. The van der Waals surface area contributed by atoms with Crippen molar-refractivity contribution >= 4 is 23.2 Å². The van der Waals surface area contributed by atoms with Gasteiger partial charge in [0.05, 0.1) is 0 Å². The summed E-state index contributed by atoms with van der Waals surface area (Å²) in [6.07, 6.45) is 6.29. The van der Waals surface area contributed by atoms with E-state index in [0.29, 0.717) is 11.5 Å². The van der Waals surface area contributed by atoms with Crippen molar-refractivity contribution in [2.24, 2.45) is 16.9 Å². The van der Waals surface area contributed by atoms with E-state index in [1.165, 1.54) is 6.42 Å². The van der Waals surface area contributed by atoms with Crippen LogP contribution in [-0.4, -0.2) is 17.5 Å². The predicted molar refractivity (Wildman–Crippen MR) is 102 cm³/mol. The van der Waals surface area contributed by atoms with Crippen LogP contribution in [-0.2, 0) is 4.79 Å². The lowest BCUT2D eigenvalue weighted by Crippen LogP contribution is -2.24. The lowest BCUT2D eigenvalue weighted by atomic mass is 9.88. The summed E-state index contributed by atoms with van der Waals surface area (Å²) in [6.45, 7) is 6.13. The molecule has 0 aromatic heterocycles. The Bertz CT molecular complexity index is 614. The lowest BCUT2D eigenvalue weighted by Gasteiger charge is -2.20. The Morgan fingerprint density at radius 1 is 1.12 bits per heavy atom. The first-order chi connectivity index (χ1) is 12.0. The molecular formula is C20H29N3O2. The van der Waals surface area contributed by atoms with Gasteiger partial charge in [-0.15, -0.1) is 0 Å². The first-order valence-electron chi connectivity index (χ1n) is 9.20. The van der Waals surface area contributed by atoms with E-state index in [4.69, 9.17) is 0 Å². The van der Waals surface area contributed by atoms with Crippen molar-refractivity contribution in [2.75, 3.05) is 5.32 Å². The van der Waals surface area contributed by atoms with Crippen LogP contribution >= 0.6 is 0 Å². The van der Waals surface area contributed by atoms with Crippen LogP contribution in [0.1, 0.15) is 69.7 Å². The van der Waals surface area contributed by atoms with Crippen molar-refractivity contribution in [3.05, 3.63) is 29.8 Å². The quantitative estimate of drug-likeness (QED) is 0.595. The number of hydrazone groups is 1. The number of amides is 2. The molecule has 0 aliphatic heterocycles. The van der Waals surface area contributed by atoms with Gasteiger partial charge >= 0.3 is 0 Å². The molecule has 25 heavy (non-hydrogen) atoms. The fourth-order valence-corrected chi connectivity index (χ4v) is 3.16. The molecule has 136 valence electrons. The van der Waals surface area contributed by atoms with Crippen molar-refractivity contribution in [1.29, 1.82) is 0 Å². The maximum Gasteiger partial charge on any atom is 0.271 e. The predicted octanol–water partition coefficient (Wildman–Crippen LogP) is 4.36. The van der Waals surface area contributed by atoms with Gasteiger partial charge in [-0.2, -0.15) is 5.10 Å². The first-order valence-corrected chi connectivity index (χ1v) is 9.20. The van der Waals surface area contributed by atoms with E-state index in [2.05, 4.69) is 29.7 Å². The van der Waals surface area contributed by atoms with Crippen LogP contribution in [0.25, 0.3) is 0 Å². The third-order valence-electron chi connectivity index (χ3n) is 4.44. The molecule has 1 aliphatic rings. The summed E-state index contributed by atoms with van der Waals surface area (Å²) in [5, 5.41) is 7.07. The number of carbonyl (C=O) groups excluding carboxylic acids is 2. The number of anilines is 1. The Morgan fingerprint density at radius 2 is 1.76 bits per heavy atom. The SMILES string of the molecule is C/C(CC(C)C)=N\NC(=O)c1ccc(NC(=O)C2CCCCC2)cc1. The molecule has 0 radical (unpaired) electrons. The highest BCUT2D eigenvalue weighted by atomic mass is 16.2. The second-order valence-electron chi connectivity index (χ2n) is 7.29. The van der Waals surface area contributed by atoms with Crippen LogP contribution in [0.4, 0.5) is 5.69 Å². The Balaban J connectivity index is 1.88. The number of carbonyl (C=O) groups is 2. The normalized spacial score (nSPS) is 15.9. The highest BCUT2D eigenvalue weighted by Crippen LogP contribution is 2.25. The molecule has 2 amide bonds. The average Bonchev–Trinajstić information content (AvgIpc) is 2.60. The van der Waals surface area contributed by atoms with Gasteiger partial charge in [0.15, 0.2) is 0 Å². The van der Waals surface area contributed by atoms with E-state index < -0.39 is 0 Å². The number of nitrogens with one attached hydrogen (secondary N) is 2. The maximum absolute atomic E-state index is 12.2. The molecule has 1 fully saturated rings.